The second-order valence-electron chi connectivity index (χ2n) is 2.80. The quantitative estimate of drug-likeness (QED) is 0.505. The van der Waals surface area contributed by atoms with Crippen LogP contribution < -0.4 is 0 Å². The fourth-order valence-corrected chi connectivity index (χ4v) is 1.40. The summed E-state index contributed by atoms with van der Waals surface area (Å²) < 4.78 is 5.24. The zero-order valence-electron chi connectivity index (χ0n) is 6.95. The maximum atomic E-state index is 5.24. The summed E-state index contributed by atoms with van der Waals surface area (Å²) in [4.78, 5) is 0. The van der Waals surface area contributed by atoms with Crippen LogP contribution in [0.4, 0.5) is 0 Å². The third-order valence-electron chi connectivity index (χ3n) is 2.20. The summed E-state index contributed by atoms with van der Waals surface area (Å²) >= 11 is 0. The van der Waals surface area contributed by atoms with E-state index in [2.05, 4.69) is 6.92 Å². The van der Waals surface area contributed by atoms with E-state index in [1.807, 2.05) is 6.08 Å². The molecule has 0 spiro atoms. The number of hydrogen-bond acceptors (Lipinski definition) is 1. The summed E-state index contributed by atoms with van der Waals surface area (Å²) in [5, 5.41) is 0. The van der Waals surface area contributed by atoms with Gasteiger partial charge in [-0.15, -0.1) is 0 Å². The predicted molar refractivity (Wildman–Crippen MR) is 42.7 cm³/mol. The molecule has 1 radical (unpaired) electrons. The minimum absolute atomic E-state index is 0. The first kappa shape index (κ1) is 11.2. The minimum Gasteiger partial charge on any atom is -0.382 e. The molecule has 0 N–H and O–H groups in total. The van der Waals surface area contributed by atoms with E-state index in [9.17, 15) is 0 Å². The van der Waals surface area contributed by atoms with Gasteiger partial charge in [-0.1, -0.05) is 12.8 Å². The number of allylic oxidation sites excluding steroid dienone is 2. The van der Waals surface area contributed by atoms with Gasteiger partial charge in [0, 0.05) is 7.11 Å². The maximum Gasteiger partial charge on any atom is 1.00 e. The van der Waals surface area contributed by atoms with Gasteiger partial charge in [0.05, 0.1) is 6.10 Å². The molecule has 0 saturated heterocycles. The van der Waals surface area contributed by atoms with Gasteiger partial charge >= 0.3 is 19.5 Å². The second-order valence-corrected chi connectivity index (χ2v) is 2.80. The molecule has 11 heavy (non-hydrogen) atoms. The van der Waals surface area contributed by atoms with Crippen LogP contribution in [0.15, 0.2) is 11.6 Å². The fourth-order valence-electron chi connectivity index (χ4n) is 1.40. The Bertz CT molecular complexity index is 122. The first-order chi connectivity index (χ1) is 4.86. The van der Waals surface area contributed by atoms with Crippen LogP contribution in [0.1, 0.15) is 25.7 Å². The van der Waals surface area contributed by atoms with Crippen LogP contribution >= 0.6 is 0 Å². The standard InChI is InChI=1S/C9H15O.Ru/c1-3-8-4-6-9(10-2)7-5-8;/h3,9H,1,4-7H2,2H3;/q-1;+1. The Kier molecular flexibility index (Phi) is 5.90. The summed E-state index contributed by atoms with van der Waals surface area (Å²) in [5.74, 6) is 0. The van der Waals surface area contributed by atoms with E-state index in [0.717, 1.165) is 0 Å². The third kappa shape index (κ3) is 3.40. The van der Waals surface area contributed by atoms with Crippen molar-refractivity contribution in [2.45, 2.75) is 31.8 Å². The largest absolute Gasteiger partial charge is 1.00 e. The van der Waals surface area contributed by atoms with Crippen LogP contribution in [-0.4, -0.2) is 13.2 Å². The number of rotatable bonds is 1. The van der Waals surface area contributed by atoms with Gasteiger partial charge in [0.15, 0.2) is 0 Å². The fraction of sp³-hybridized carbons (Fsp3) is 0.667. The van der Waals surface area contributed by atoms with Crippen LogP contribution in [0.2, 0.25) is 0 Å². The van der Waals surface area contributed by atoms with Gasteiger partial charge < -0.3 is 4.74 Å². The van der Waals surface area contributed by atoms with Crippen molar-refractivity contribution >= 4 is 0 Å². The second kappa shape index (κ2) is 5.79. The van der Waals surface area contributed by atoms with E-state index < -0.39 is 0 Å². The topological polar surface area (TPSA) is 9.23 Å². The molecule has 1 fully saturated rings. The molecule has 0 aliphatic heterocycles. The smallest absolute Gasteiger partial charge is 0.382 e. The molecule has 0 heterocycles. The molecule has 65 valence electrons. The summed E-state index contributed by atoms with van der Waals surface area (Å²) in [6.07, 6.45) is 7.22. The van der Waals surface area contributed by atoms with E-state index in [1.165, 1.54) is 31.3 Å². The number of ether oxygens (including phenoxy) is 1. The van der Waals surface area contributed by atoms with E-state index in [0.29, 0.717) is 6.10 Å². The van der Waals surface area contributed by atoms with Crippen molar-refractivity contribution in [2.75, 3.05) is 7.11 Å². The summed E-state index contributed by atoms with van der Waals surface area (Å²) in [7, 11) is 1.80. The van der Waals surface area contributed by atoms with Crippen LogP contribution in [0.3, 0.4) is 0 Å². The molecule has 0 amide bonds. The molecule has 0 bridgehead atoms. The Balaban J connectivity index is 0.000001000. The van der Waals surface area contributed by atoms with E-state index >= 15 is 0 Å². The zero-order valence-corrected chi connectivity index (χ0v) is 8.69. The van der Waals surface area contributed by atoms with Gasteiger partial charge in [-0.25, -0.2) is 18.6 Å². The number of methoxy groups -OCH3 is 1. The van der Waals surface area contributed by atoms with E-state index in [4.69, 9.17) is 4.74 Å². The Hall–Kier alpha value is 0.193. The molecule has 0 aromatic rings. The van der Waals surface area contributed by atoms with Crippen LogP contribution in [-0.2, 0) is 24.2 Å². The van der Waals surface area contributed by atoms with Crippen molar-refractivity contribution in [1.82, 2.24) is 0 Å². The summed E-state index contributed by atoms with van der Waals surface area (Å²) in [5.41, 5.74) is 1.49. The minimum atomic E-state index is 0. The van der Waals surface area contributed by atoms with Crippen molar-refractivity contribution in [3.63, 3.8) is 0 Å². The molecule has 1 saturated carbocycles. The molecule has 1 rings (SSSR count). The Morgan fingerprint density at radius 1 is 1.45 bits per heavy atom. The Labute approximate surface area is 82.0 Å². The summed E-state index contributed by atoms with van der Waals surface area (Å²) in [6, 6.07) is 0. The molecule has 2 heteroatoms. The van der Waals surface area contributed by atoms with Crippen molar-refractivity contribution in [1.29, 1.82) is 0 Å². The molecular formula is C9H15ORu. The van der Waals surface area contributed by atoms with Gasteiger partial charge in [0.1, 0.15) is 0 Å². The average Bonchev–Trinajstić information content (AvgIpc) is 2.05. The van der Waals surface area contributed by atoms with Crippen molar-refractivity contribution in [3.8, 4) is 0 Å². The summed E-state index contributed by atoms with van der Waals surface area (Å²) in [6.45, 7) is 3.76. The molecule has 1 aliphatic carbocycles. The van der Waals surface area contributed by atoms with Crippen molar-refractivity contribution < 1.29 is 24.2 Å². The zero-order chi connectivity index (χ0) is 7.40. The van der Waals surface area contributed by atoms with Gasteiger partial charge in [0.2, 0.25) is 0 Å². The molecular weight excluding hydrogens is 225 g/mol. The van der Waals surface area contributed by atoms with E-state index in [-0.39, 0.29) is 19.5 Å². The van der Waals surface area contributed by atoms with Gasteiger partial charge in [0.25, 0.3) is 0 Å². The Morgan fingerprint density at radius 3 is 2.36 bits per heavy atom. The van der Waals surface area contributed by atoms with Gasteiger partial charge in [-0.3, -0.25) is 0 Å². The molecule has 1 nitrogen and oxygen atoms in total. The van der Waals surface area contributed by atoms with Gasteiger partial charge in [-0.05, 0) is 12.8 Å². The Morgan fingerprint density at radius 2 is 2.00 bits per heavy atom. The average molecular weight is 240 g/mol. The van der Waals surface area contributed by atoms with Crippen LogP contribution in [0, 0.1) is 6.92 Å². The molecule has 0 unspecified atom stereocenters. The normalized spacial score (nSPS) is 24.1. The monoisotopic (exact) mass is 241 g/mol. The molecule has 1 aliphatic rings. The van der Waals surface area contributed by atoms with Crippen LogP contribution in [0.25, 0.3) is 0 Å². The molecule has 0 aromatic carbocycles. The SMILES string of the molecule is [CH2-]C=C1CCC(OC)CC1.[Ru+]. The molecule has 0 atom stereocenters. The van der Waals surface area contributed by atoms with Crippen molar-refractivity contribution in [2.24, 2.45) is 0 Å². The maximum absolute atomic E-state index is 5.24. The predicted octanol–water partition coefficient (Wildman–Crippen LogP) is 2.33. The van der Waals surface area contributed by atoms with Gasteiger partial charge in [-0.2, -0.15) is 0 Å². The first-order valence-electron chi connectivity index (χ1n) is 3.86. The molecule has 0 aromatic heterocycles. The van der Waals surface area contributed by atoms with Crippen LogP contribution in [0.5, 0.6) is 0 Å². The van der Waals surface area contributed by atoms with E-state index in [1.54, 1.807) is 7.11 Å². The number of hydrogen-bond donors (Lipinski definition) is 0. The van der Waals surface area contributed by atoms with Crippen molar-refractivity contribution in [3.05, 3.63) is 18.6 Å². The third-order valence-corrected chi connectivity index (χ3v) is 2.20. The first-order valence-corrected chi connectivity index (χ1v) is 3.86.